The van der Waals surface area contributed by atoms with E-state index in [4.69, 9.17) is 4.74 Å². The molecular weight excluding hydrogens is 445 g/mol. The number of halogens is 3. The van der Waals surface area contributed by atoms with E-state index in [2.05, 4.69) is 6.92 Å². The summed E-state index contributed by atoms with van der Waals surface area (Å²) in [6, 6.07) is 16.5. The van der Waals surface area contributed by atoms with Gasteiger partial charge in [-0.2, -0.15) is 0 Å². The van der Waals surface area contributed by atoms with E-state index in [0.717, 1.165) is 48.3 Å². The molecule has 0 amide bonds. The van der Waals surface area contributed by atoms with Gasteiger partial charge in [0.1, 0.15) is 18.2 Å². The van der Waals surface area contributed by atoms with Crippen LogP contribution < -0.4 is 4.74 Å². The number of hydrogen-bond acceptors (Lipinski definition) is 1. The van der Waals surface area contributed by atoms with E-state index in [-0.39, 0.29) is 29.4 Å². The van der Waals surface area contributed by atoms with Crippen LogP contribution in [-0.4, -0.2) is 0 Å². The summed E-state index contributed by atoms with van der Waals surface area (Å²) in [5.74, 6) is 0.634. The van der Waals surface area contributed by atoms with Crippen LogP contribution in [0.1, 0.15) is 68.9 Å². The number of benzene rings is 3. The van der Waals surface area contributed by atoms with E-state index >= 15 is 8.78 Å². The molecule has 2 aliphatic rings. The lowest BCUT2D eigenvalue weighted by atomic mass is 9.63. The number of rotatable bonds is 6. The van der Waals surface area contributed by atoms with Crippen molar-refractivity contribution >= 4 is 0 Å². The molecule has 5 rings (SSSR count). The third kappa shape index (κ3) is 5.27. The molecule has 0 spiro atoms. The smallest absolute Gasteiger partial charge is 0.165 e. The Bertz CT molecular complexity index is 1140. The van der Waals surface area contributed by atoms with Gasteiger partial charge in [-0.1, -0.05) is 56.2 Å². The Hall–Kier alpha value is -2.75. The van der Waals surface area contributed by atoms with Crippen LogP contribution in [-0.2, 0) is 6.61 Å². The van der Waals surface area contributed by atoms with Crippen molar-refractivity contribution in [2.45, 2.75) is 64.4 Å². The molecule has 2 aliphatic carbocycles. The largest absolute Gasteiger partial charge is 0.486 e. The quantitative estimate of drug-likeness (QED) is 0.343. The van der Waals surface area contributed by atoms with Crippen LogP contribution in [0.3, 0.4) is 0 Å². The Morgan fingerprint density at radius 1 is 0.771 bits per heavy atom. The van der Waals surface area contributed by atoms with Gasteiger partial charge in [0.2, 0.25) is 0 Å². The fourth-order valence-electron chi connectivity index (χ4n) is 6.27. The van der Waals surface area contributed by atoms with E-state index in [9.17, 15) is 4.39 Å². The minimum Gasteiger partial charge on any atom is -0.486 e. The van der Waals surface area contributed by atoms with Gasteiger partial charge in [0, 0.05) is 0 Å². The second-order valence-electron chi connectivity index (χ2n) is 10.4. The van der Waals surface area contributed by atoms with Gasteiger partial charge in [0.15, 0.2) is 11.6 Å². The average Bonchev–Trinajstić information content (AvgIpc) is 2.87. The summed E-state index contributed by atoms with van der Waals surface area (Å²) < 4.78 is 50.7. The van der Waals surface area contributed by atoms with Crippen molar-refractivity contribution in [3.05, 3.63) is 89.2 Å². The molecule has 2 saturated carbocycles. The van der Waals surface area contributed by atoms with Crippen molar-refractivity contribution in [1.29, 1.82) is 0 Å². The molecule has 3 aromatic rings. The van der Waals surface area contributed by atoms with Gasteiger partial charge < -0.3 is 4.74 Å². The SMILES string of the molecule is CCC1CC[C@@H]2C[C@H](c3cc(F)c(-c4ccc(OCc5ccccc5)c(F)c4)c(F)c3)CC[C@@H]2C1. The molecule has 4 atom stereocenters. The Kier molecular flexibility index (Phi) is 7.17. The molecule has 0 saturated heterocycles. The van der Waals surface area contributed by atoms with Gasteiger partial charge in [-0.15, -0.1) is 0 Å². The highest BCUT2D eigenvalue weighted by atomic mass is 19.1. The van der Waals surface area contributed by atoms with E-state index in [1.807, 2.05) is 30.3 Å². The van der Waals surface area contributed by atoms with E-state index < -0.39 is 17.5 Å². The molecule has 0 radical (unpaired) electrons. The van der Waals surface area contributed by atoms with Crippen LogP contribution in [0.15, 0.2) is 60.7 Å². The van der Waals surface area contributed by atoms with Crippen molar-refractivity contribution in [2.24, 2.45) is 17.8 Å². The molecule has 184 valence electrons. The van der Waals surface area contributed by atoms with Crippen LogP contribution in [0.25, 0.3) is 11.1 Å². The molecule has 1 nitrogen and oxygen atoms in total. The fourth-order valence-corrected chi connectivity index (χ4v) is 6.27. The molecule has 4 heteroatoms. The Balaban J connectivity index is 1.30. The van der Waals surface area contributed by atoms with E-state index in [1.54, 1.807) is 0 Å². The zero-order valence-electron chi connectivity index (χ0n) is 20.3. The summed E-state index contributed by atoms with van der Waals surface area (Å²) in [6.07, 6.45) is 8.23. The first-order chi connectivity index (χ1) is 17.0. The van der Waals surface area contributed by atoms with Crippen molar-refractivity contribution in [3.63, 3.8) is 0 Å². The van der Waals surface area contributed by atoms with Crippen LogP contribution in [0.4, 0.5) is 13.2 Å². The topological polar surface area (TPSA) is 9.23 Å². The second kappa shape index (κ2) is 10.5. The number of hydrogen-bond donors (Lipinski definition) is 0. The minimum absolute atomic E-state index is 0.0598. The lowest BCUT2D eigenvalue weighted by molar-refractivity contribution is 0.116. The summed E-state index contributed by atoms with van der Waals surface area (Å²) in [5.41, 5.74) is 1.65. The first kappa shape index (κ1) is 24.0. The molecule has 0 aromatic heterocycles. The van der Waals surface area contributed by atoms with Gasteiger partial charge in [-0.3, -0.25) is 0 Å². The van der Waals surface area contributed by atoms with Crippen molar-refractivity contribution in [1.82, 2.24) is 0 Å². The van der Waals surface area contributed by atoms with Gasteiger partial charge in [-0.05, 0) is 96.7 Å². The lowest BCUT2D eigenvalue weighted by Gasteiger charge is -2.42. The minimum atomic E-state index is -0.637. The highest BCUT2D eigenvalue weighted by Gasteiger charge is 2.36. The molecule has 0 heterocycles. The lowest BCUT2D eigenvalue weighted by Crippen LogP contribution is -2.30. The zero-order valence-corrected chi connectivity index (χ0v) is 20.3. The molecular formula is C31H33F3O. The van der Waals surface area contributed by atoms with Crippen LogP contribution >= 0.6 is 0 Å². The monoisotopic (exact) mass is 478 g/mol. The second-order valence-corrected chi connectivity index (χ2v) is 10.4. The van der Waals surface area contributed by atoms with Crippen LogP contribution in [0.5, 0.6) is 5.75 Å². The highest BCUT2D eigenvalue weighted by molar-refractivity contribution is 5.66. The average molecular weight is 479 g/mol. The van der Waals surface area contributed by atoms with Crippen LogP contribution in [0, 0.1) is 35.2 Å². The Labute approximate surface area is 206 Å². The maximum atomic E-state index is 15.2. The standard InChI is InChI=1S/C31H33F3O/c1-2-20-8-9-23-15-24(11-10-22(23)14-20)26-17-28(33)31(29(34)18-26)25-12-13-30(27(32)16-25)35-19-21-6-4-3-5-7-21/h3-7,12-13,16-18,20,22-24H,2,8-11,14-15,19H2,1H3/t20?,22-,23-,24-/m1/s1. The van der Waals surface area contributed by atoms with E-state index in [0.29, 0.717) is 5.92 Å². The zero-order chi connectivity index (χ0) is 24.4. The molecule has 1 unspecified atom stereocenters. The molecule has 0 aliphatic heterocycles. The van der Waals surface area contributed by atoms with Crippen LogP contribution in [0.2, 0.25) is 0 Å². The summed E-state index contributed by atoms with van der Waals surface area (Å²) in [5, 5.41) is 0. The van der Waals surface area contributed by atoms with Crippen molar-refractivity contribution in [3.8, 4) is 16.9 Å². The molecule has 0 N–H and O–H groups in total. The highest BCUT2D eigenvalue weighted by Crippen LogP contribution is 2.48. The van der Waals surface area contributed by atoms with E-state index in [1.165, 1.54) is 49.9 Å². The first-order valence-electron chi connectivity index (χ1n) is 13.0. The van der Waals surface area contributed by atoms with Gasteiger partial charge in [0.05, 0.1) is 5.56 Å². The van der Waals surface area contributed by atoms with Gasteiger partial charge in [0.25, 0.3) is 0 Å². The summed E-state index contributed by atoms with van der Waals surface area (Å²) in [7, 11) is 0. The maximum absolute atomic E-state index is 15.2. The predicted molar refractivity (Wildman–Crippen MR) is 134 cm³/mol. The Morgan fingerprint density at radius 3 is 2.20 bits per heavy atom. The normalized spacial score (nSPS) is 24.1. The molecule has 3 aromatic carbocycles. The van der Waals surface area contributed by atoms with Gasteiger partial charge in [-0.25, -0.2) is 13.2 Å². The number of ether oxygens (including phenoxy) is 1. The third-order valence-electron chi connectivity index (χ3n) is 8.29. The Morgan fingerprint density at radius 2 is 1.49 bits per heavy atom. The fraction of sp³-hybridized carbons (Fsp3) is 0.419. The molecule has 35 heavy (non-hydrogen) atoms. The molecule has 0 bridgehead atoms. The maximum Gasteiger partial charge on any atom is 0.165 e. The van der Waals surface area contributed by atoms with Gasteiger partial charge >= 0.3 is 0 Å². The van der Waals surface area contributed by atoms with Crippen molar-refractivity contribution < 1.29 is 17.9 Å². The number of fused-ring (bicyclic) bond motifs is 1. The summed E-state index contributed by atoms with van der Waals surface area (Å²) in [4.78, 5) is 0. The first-order valence-corrected chi connectivity index (χ1v) is 13.0. The summed E-state index contributed by atoms with van der Waals surface area (Å²) in [6.45, 7) is 2.50. The van der Waals surface area contributed by atoms with Crippen molar-refractivity contribution in [2.75, 3.05) is 0 Å². The molecule has 2 fully saturated rings. The summed E-state index contributed by atoms with van der Waals surface area (Å²) >= 11 is 0. The third-order valence-corrected chi connectivity index (χ3v) is 8.29. The predicted octanol–water partition coefficient (Wildman–Crippen LogP) is 9.06.